The SMILES string of the molecule is CCC(C)(C)NC(=O)C(c1ccc(F)cc1)N(Cc1cccs1)C(=O)c1snc(C(N)=O)c1N. The number of nitrogen functional groups attached to an aromatic ring is 1. The molecule has 0 fully saturated rings. The van der Waals surface area contributed by atoms with Crippen LogP contribution in [0.1, 0.15) is 63.8 Å². The number of carbonyl (C=O) groups excluding carboxylic acids is 3. The quantitative estimate of drug-likeness (QED) is 0.410. The molecule has 0 saturated heterocycles. The number of nitrogens with zero attached hydrogens (tertiary/aromatic N) is 2. The van der Waals surface area contributed by atoms with Crippen molar-refractivity contribution in [1.82, 2.24) is 14.6 Å². The van der Waals surface area contributed by atoms with E-state index in [0.717, 1.165) is 16.4 Å². The average molecular weight is 504 g/mol. The van der Waals surface area contributed by atoms with Crippen molar-refractivity contribution in [2.24, 2.45) is 5.73 Å². The lowest BCUT2D eigenvalue weighted by Gasteiger charge is -2.34. The number of rotatable bonds is 9. The molecule has 0 radical (unpaired) electrons. The Morgan fingerprint density at radius 2 is 1.88 bits per heavy atom. The molecule has 2 aromatic heterocycles. The van der Waals surface area contributed by atoms with E-state index in [1.165, 1.54) is 40.5 Å². The van der Waals surface area contributed by atoms with Gasteiger partial charge in [-0.1, -0.05) is 25.1 Å². The first-order chi connectivity index (χ1) is 16.0. The standard InChI is InChI=1S/C23H26FN5O3S2/c1-4-23(2,3)27-21(31)18(13-7-9-14(24)10-8-13)29(12-15-6-5-11-33-15)22(32)19-16(25)17(20(26)30)28-34-19/h5-11,18H,4,12,25H2,1-3H3,(H2,26,30)(H,27,31). The monoisotopic (exact) mass is 503 g/mol. The van der Waals surface area contributed by atoms with Gasteiger partial charge < -0.3 is 21.7 Å². The van der Waals surface area contributed by atoms with Gasteiger partial charge in [0.2, 0.25) is 5.91 Å². The van der Waals surface area contributed by atoms with Gasteiger partial charge in [0.05, 0.1) is 12.2 Å². The summed E-state index contributed by atoms with van der Waals surface area (Å²) in [4.78, 5) is 41.2. The highest BCUT2D eigenvalue weighted by Gasteiger charge is 2.36. The van der Waals surface area contributed by atoms with Gasteiger partial charge in [0.1, 0.15) is 16.7 Å². The number of nitrogens with one attached hydrogen (secondary N) is 1. The third-order valence-corrected chi connectivity index (χ3v) is 7.13. The Balaban J connectivity index is 2.13. The van der Waals surface area contributed by atoms with Gasteiger partial charge in [-0.25, -0.2) is 4.39 Å². The molecule has 34 heavy (non-hydrogen) atoms. The number of aromatic nitrogens is 1. The molecule has 1 atom stereocenters. The summed E-state index contributed by atoms with van der Waals surface area (Å²) in [5.41, 5.74) is 10.9. The maximum absolute atomic E-state index is 13.8. The highest BCUT2D eigenvalue weighted by atomic mass is 32.1. The Hall–Kier alpha value is -3.31. The fraction of sp³-hybridized carbons (Fsp3) is 0.304. The molecule has 0 aliphatic heterocycles. The maximum Gasteiger partial charge on any atom is 0.270 e. The molecule has 1 unspecified atom stereocenters. The van der Waals surface area contributed by atoms with Gasteiger partial charge in [-0.3, -0.25) is 14.4 Å². The van der Waals surface area contributed by atoms with Gasteiger partial charge in [-0.15, -0.1) is 11.3 Å². The summed E-state index contributed by atoms with van der Waals surface area (Å²) in [6, 6.07) is 7.99. The molecule has 180 valence electrons. The van der Waals surface area contributed by atoms with Gasteiger partial charge in [0, 0.05) is 10.4 Å². The minimum absolute atomic E-state index is 0.0000181. The van der Waals surface area contributed by atoms with Gasteiger partial charge in [0.15, 0.2) is 5.69 Å². The Labute approximate surface area is 204 Å². The highest BCUT2D eigenvalue weighted by molar-refractivity contribution is 7.10. The van der Waals surface area contributed by atoms with E-state index in [4.69, 9.17) is 11.5 Å². The minimum atomic E-state index is -1.10. The lowest BCUT2D eigenvalue weighted by Crippen LogP contribution is -2.50. The smallest absolute Gasteiger partial charge is 0.270 e. The summed E-state index contributed by atoms with van der Waals surface area (Å²) in [5.74, 6) is -2.34. The Morgan fingerprint density at radius 1 is 1.21 bits per heavy atom. The lowest BCUT2D eigenvalue weighted by atomic mass is 9.98. The first kappa shape index (κ1) is 25.3. The van der Waals surface area contributed by atoms with Crippen LogP contribution in [0, 0.1) is 5.82 Å². The van der Waals surface area contributed by atoms with Crippen LogP contribution < -0.4 is 16.8 Å². The molecule has 2 heterocycles. The van der Waals surface area contributed by atoms with Crippen molar-refractivity contribution in [3.63, 3.8) is 0 Å². The summed E-state index contributed by atoms with van der Waals surface area (Å²) in [6.07, 6.45) is 0.650. The largest absolute Gasteiger partial charge is 0.395 e. The van der Waals surface area contributed by atoms with Gasteiger partial charge >= 0.3 is 0 Å². The van der Waals surface area contributed by atoms with Gasteiger partial charge in [0.25, 0.3) is 11.8 Å². The van der Waals surface area contributed by atoms with Crippen LogP contribution in [0.5, 0.6) is 0 Å². The first-order valence-corrected chi connectivity index (χ1v) is 12.1. The number of carbonyl (C=O) groups is 3. The second kappa shape index (κ2) is 10.3. The molecule has 3 rings (SSSR count). The van der Waals surface area contributed by atoms with Crippen molar-refractivity contribution in [2.75, 3.05) is 5.73 Å². The molecular weight excluding hydrogens is 477 g/mol. The van der Waals surface area contributed by atoms with Crippen molar-refractivity contribution in [3.8, 4) is 0 Å². The lowest BCUT2D eigenvalue weighted by molar-refractivity contribution is -0.127. The Bertz CT molecular complexity index is 1180. The van der Waals surface area contributed by atoms with E-state index in [2.05, 4.69) is 9.69 Å². The fourth-order valence-corrected chi connectivity index (χ4v) is 4.68. The van der Waals surface area contributed by atoms with Crippen molar-refractivity contribution in [1.29, 1.82) is 0 Å². The second-order valence-electron chi connectivity index (χ2n) is 8.33. The average Bonchev–Trinajstić information content (AvgIpc) is 3.43. The molecule has 3 aromatic rings. The van der Waals surface area contributed by atoms with Crippen molar-refractivity contribution < 1.29 is 18.8 Å². The third kappa shape index (κ3) is 5.60. The molecule has 11 heteroatoms. The number of benzene rings is 1. The molecule has 5 N–H and O–H groups in total. The zero-order valence-electron chi connectivity index (χ0n) is 19.0. The number of thiophene rings is 1. The van der Waals surface area contributed by atoms with Crippen LogP contribution in [-0.2, 0) is 11.3 Å². The molecular formula is C23H26FN5O3S2. The molecule has 1 aromatic carbocycles. The van der Waals surface area contributed by atoms with Crippen LogP contribution in [-0.4, -0.2) is 32.5 Å². The van der Waals surface area contributed by atoms with Crippen LogP contribution in [0.2, 0.25) is 0 Å². The molecule has 0 saturated carbocycles. The predicted molar refractivity (Wildman–Crippen MR) is 131 cm³/mol. The van der Waals surface area contributed by atoms with Gasteiger partial charge in [-0.05, 0) is 60.9 Å². The second-order valence-corrected chi connectivity index (χ2v) is 10.1. The van der Waals surface area contributed by atoms with E-state index in [9.17, 15) is 18.8 Å². The topological polar surface area (TPSA) is 131 Å². The Kier molecular flexibility index (Phi) is 7.68. The van der Waals surface area contributed by atoms with E-state index in [1.54, 1.807) is 0 Å². The van der Waals surface area contributed by atoms with Crippen molar-refractivity contribution >= 4 is 46.3 Å². The molecule has 0 bridgehead atoms. The number of hydrogen-bond donors (Lipinski definition) is 3. The number of primary amides is 1. The van der Waals surface area contributed by atoms with Crippen LogP contribution in [0.3, 0.4) is 0 Å². The molecule has 0 aliphatic carbocycles. The molecule has 3 amide bonds. The minimum Gasteiger partial charge on any atom is -0.395 e. The molecule has 8 nitrogen and oxygen atoms in total. The van der Waals surface area contributed by atoms with E-state index < -0.39 is 35.1 Å². The van der Waals surface area contributed by atoms with E-state index >= 15 is 0 Å². The van der Waals surface area contributed by atoms with E-state index in [1.807, 2.05) is 38.3 Å². The van der Waals surface area contributed by atoms with Crippen LogP contribution in [0.25, 0.3) is 0 Å². The van der Waals surface area contributed by atoms with Crippen LogP contribution in [0.15, 0.2) is 41.8 Å². The summed E-state index contributed by atoms with van der Waals surface area (Å²) < 4.78 is 17.6. The summed E-state index contributed by atoms with van der Waals surface area (Å²) in [5, 5.41) is 4.84. The fourth-order valence-electron chi connectivity index (χ4n) is 3.22. The molecule has 0 spiro atoms. The number of halogens is 1. The summed E-state index contributed by atoms with van der Waals surface area (Å²) >= 11 is 2.16. The van der Waals surface area contributed by atoms with Crippen molar-refractivity contribution in [3.05, 3.63) is 68.6 Å². The summed E-state index contributed by atoms with van der Waals surface area (Å²) in [6.45, 7) is 5.77. The third-order valence-electron chi connectivity index (χ3n) is 5.41. The van der Waals surface area contributed by atoms with Crippen LogP contribution >= 0.6 is 22.9 Å². The number of hydrogen-bond acceptors (Lipinski definition) is 7. The molecule has 0 aliphatic rings. The Morgan fingerprint density at radius 3 is 2.41 bits per heavy atom. The normalized spacial score (nSPS) is 12.2. The summed E-state index contributed by atoms with van der Waals surface area (Å²) in [7, 11) is 0. The van der Waals surface area contributed by atoms with Crippen molar-refractivity contribution in [2.45, 2.75) is 45.3 Å². The van der Waals surface area contributed by atoms with E-state index in [0.29, 0.717) is 12.0 Å². The van der Waals surface area contributed by atoms with Gasteiger partial charge in [-0.2, -0.15) is 4.37 Å². The zero-order chi connectivity index (χ0) is 25.0. The first-order valence-electron chi connectivity index (χ1n) is 10.5. The predicted octanol–water partition coefficient (Wildman–Crippen LogP) is 3.71. The highest BCUT2D eigenvalue weighted by Crippen LogP contribution is 2.31. The number of anilines is 1. The number of nitrogens with two attached hydrogens (primary N) is 2. The van der Waals surface area contributed by atoms with E-state index in [-0.39, 0.29) is 22.8 Å². The maximum atomic E-state index is 13.8. The number of amides is 3. The van der Waals surface area contributed by atoms with Crippen LogP contribution in [0.4, 0.5) is 10.1 Å². The zero-order valence-corrected chi connectivity index (χ0v) is 20.6.